The molecule has 0 saturated carbocycles. The van der Waals surface area contributed by atoms with E-state index >= 15 is 0 Å². The molecule has 0 fully saturated rings. The molecule has 0 heterocycles. The van der Waals surface area contributed by atoms with Crippen molar-refractivity contribution in [2.45, 2.75) is 0 Å². The second kappa shape index (κ2) is 6.01. The number of benzene rings is 2. The molecule has 0 aliphatic heterocycles. The SMILES string of the molecule is [CH2]CN=Cc1ccc(-c2ccc(OC)cc2)cc1. The average molecular weight is 238 g/mol. The lowest BCUT2D eigenvalue weighted by Crippen LogP contribution is -1.84. The molecule has 0 N–H and O–H groups in total. The molecule has 0 aromatic heterocycles. The number of ether oxygens (including phenoxy) is 1. The molecule has 0 aliphatic carbocycles. The Morgan fingerprint density at radius 2 is 1.56 bits per heavy atom. The van der Waals surface area contributed by atoms with Gasteiger partial charge in [-0.1, -0.05) is 36.4 Å². The monoisotopic (exact) mass is 238 g/mol. The van der Waals surface area contributed by atoms with Crippen LogP contribution in [-0.2, 0) is 0 Å². The van der Waals surface area contributed by atoms with Crippen molar-refractivity contribution in [2.75, 3.05) is 13.7 Å². The summed E-state index contributed by atoms with van der Waals surface area (Å²) in [6.07, 6.45) is 1.84. The summed E-state index contributed by atoms with van der Waals surface area (Å²) < 4.78 is 5.15. The minimum atomic E-state index is 0.570. The highest BCUT2D eigenvalue weighted by atomic mass is 16.5. The van der Waals surface area contributed by atoms with Crippen molar-refractivity contribution in [3.05, 3.63) is 61.0 Å². The molecule has 2 aromatic rings. The average Bonchev–Trinajstić information content (AvgIpc) is 2.46. The Labute approximate surface area is 108 Å². The molecule has 2 heteroatoms. The number of nitrogens with zero attached hydrogens (tertiary/aromatic N) is 1. The molecule has 0 atom stereocenters. The summed E-state index contributed by atoms with van der Waals surface area (Å²) >= 11 is 0. The van der Waals surface area contributed by atoms with Crippen molar-refractivity contribution in [1.29, 1.82) is 0 Å². The molecule has 0 unspecified atom stereocenters. The molecular formula is C16H16NO. The molecule has 0 saturated heterocycles. The third-order valence-corrected chi connectivity index (χ3v) is 2.70. The van der Waals surface area contributed by atoms with Gasteiger partial charge >= 0.3 is 0 Å². The fourth-order valence-corrected chi connectivity index (χ4v) is 1.72. The predicted molar refractivity (Wildman–Crippen MR) is 76.2 cm³/mol. The molecule has 1 radical (unpaired) electrons. The molecule has 2 aromatic carbocycles. The zero-order valence-corrected chi connectivity index (χ0v) is 10.5. The van der Waals surface area contributed by atoms with E-state index in [2.05, 4.69) is 48.3 Å². The molecule has 18 heavy (non-hydrogen) atoms. The van der Waals surface area contributed by atoms with Gasteiger partial charge in [-0.05, 0) is 35.7 Å². The van der Waals surface area contributed by atoms with Gasteiger partial charge in [-0.2, -0.15) is 0 Å². The minimum Gasteiger partial charge on any atom is -0.497 e. The van der Waals surface area contributed by atoms with Crippen LogP contribution in [-0.4, -0.2) is 19.9 Å². The zero-order valence-electron chi connectivity index (χ0n) is 10.5. The Bertz CT molecular complexity index is 512. The number of aliphatic imine (C=N–C) groups is 1. The smallest absolute Gasteiger partial charge is 0.118 e. The first-order chi connectivity index (χ1) is 8.83. The summed E-state index contributed by atoms with van der Waals surface area (Å²) in [5.41, 5.74) is 3.46. The molecule has 2 rings (SSSR count). The second-order valence-corrected chi connectivity index (χ2v) is 3.89. The van der Waals surface area contributed by atoms with Crippen LogP contribution in [0.15, 0.2) is 53.5 Å². The van der Waals surface area contributed by atoms with Crippen LogP contribution in [0.5, 0.6) is 5.75 Å². The van der Waals surface area contributed by atoms with Crippen molar-refractivity contribution in [3.63, 3.8) is 0 Å². The predicted octanol–water partition coefficient (Wildman–Crippen LogP) is 3.62. The molecular weight excluding hydrogens is 222 g/mol. The van der Waals surface area contributed by atoms with E-state index in [1.165, 1.54) is 11.1 Å². The highest BCUT2D eigenvalue weighted by molar-refractivity contribution is 5.81. The van der Waals surface area contributed by atoms with E-state index in [9.17, 15) is 0 Å². The third-order valence-electron chi connectivity index (χ3n) is 2.70. The molecule has 0 aliphatic rings. The van der Waals surface area contributed by atoms with E-state index < -0.39 is 0 Å². The van der Waals surface area contributed by atoms with Gasteiger partial charge < -0.3 is 4.74 Å². The topological polar surface area (TPSA) is 21.6 Å². The molecule has 2 nitrogen and oxygen atoms in total. The van der Waals surface area contributed by atoms with E-state index in [0.717, 1.165) is 11.3 Å². The van der Waals surface area contributed by atoms with Crippen LogP contribution in [0.3, 0.4) is 0 Å². The summed E-state index contributed by atoms with van der Waals surface area (Å²) in [5, 5.41) is 0. The second-order valence-electron chi connectivity index (χ2n) is 3.89. The quantitative estimate of drug-likeness (QED) is 0.745. The van der Waals surface area contributed by atoms with Crippen molar-refractivity contribution in [3.8, 4) is 16.9 Å². The van der Waals surface area contributed by atoms with Crippen molar-refractivity contribution in [1.82, 2.24) is 0 Å². The summed E-state index contributed by atoms with van der Waals surface area (Å²) in [7, 11) is 1.67. The highest BCUT2D eigenvalue weighted by Crippen LogP contribution is 2.22. The Hall–Kier alpha value is -2.09. The van der Waals surface area contributed by atoms with Crippen LogP contribution in [0.4, 0.5) is 0 Å². The Morgan fingerprint density at radius 1 is 1.00 bits per heavy atom. The van der Waals surface area contributed by atoms with E-state index in [1.54, 1.807) is 7.11 Å². The lowest BCUT2D eigenvalue weighted by molar-refractivity contribution is 0.415. The molecule has 91 valence electrons. The normalized spacial score (nSPS) is 10.8. The van der Waals surface area contributed by atoms with Crippen LogP contribution in [0, 0.1) is 6.92 Å². The fourth-order valence-electron chi connectivity index (χ4n) is 1.72. The van der Waals surface area contributed by atoms with Crippen molar-refractivity contribution >= 4 is 6.21 Å². The van der Waals surface area contributed by atoms with Crippen LogP contribution < -0.4 is 4.74 Å². The first kappa shape index (κ1) is 12.4. The number of hydrogen-bond donors (Lipinski definition) is 0. The summed E-state index contributed by atoms with van der Waals surface area (Å²) in [6.45, 7) is 4.24. The van der Waals surface area contributed by atoms with Gasteiger partial charge in [0, 0.05) is 12.8 Å². The summed E-state index contributed by atoms with van der Waals surface area (Å²) in [5.74, 6) is 0.873. The first-order valence-electron chi connectivity index (χ1n) is 5.87. The Kier molecular flexibility index (Phi) is 4.13. The van der Waals surface area contributed by atoms with Crippen LogP contribution in [0.1, 0.15) is 5.56 Å². The maximum atomic E-state index is 5.15. The highest BCUT2D eigenvalue weighted by Gasteiger charge is 1.98. The Morgan fingerprint density at radius 3 is 2.06 bits per heavy atom. The number of hydrogen-bond acceptors (Lipinski definition) is 2. The maximum Gasteiger partial charge on any atom is 0.118 e. The molecule has 0 amide bonds. The third kappa shape index (κ3) is 2.98. The van der Waals surface area contributed by atoms with Crippen LogP contribution in [0.25, 0.3) is 11.1 Å². The fraction of sp³-hybridized carbons (Fsp3) is 0.125. The van der Waals surface area contributed by atoms with E-state index in [1.807, 2.05) is 18.3 Å². The van der Waals surface area contributed by atoms with Gasteiger partial charge in [0.1, 0.15) is 5.75 Å². The van der Waals surface area contributed by atoms with Gasteiger partial charge in [0.15, 0.2) is 0 Å². The summed E-state index contributed by atoms with van der Waals surface area (Å²) in [6, 6.07) is 16.3. The lowest BCUT2D eigenvalue weighted by atomic mass is 10.0. The van der Waals surface area contributed by atoms with Gasteiger partial charge in [-0.25, -0.2) is 0 Å². The molecule has 0 spiro atoms. The van der Waals surface area contributed by atoms with Gasteiger partial charge in [0.25, 0.3) is 0 Å². The molecule has 0 bridgehead atoms. The van der Waals surface area contributed by atoms with E-state index in [0.29, 0.717) is 6.54 Å². The zero-order chi connectivity index (χ0) is 12.8. The van der Waals surface area contributed by atoms with Gasteiger partial charge in [-0.3, -0.25) is 4.99 Å². The standard InChI is InChI=1S/C16H16NO/c1-3-17-12-13-4-6-14(7-5-13)15-8-10-16(18-2)11-9-15/h4-12H,1,3H2,2H3. The maximum absolute atomic E-state index is 5.15. The lowest BCUT2D eigenvalue weighted by Gasteiger charge is -2.04. The van der Waals surface area contributed by atoms with E-state index in [-0.39, 0.29) is 0 Å². The number of methoxy groups -OCH3 is 1. The van der Waals surface area contributed by atoms with Crippen molar-refractivity contribution in [2.24, 2.45) is 4.99 Å². The van der Waals surface area contributed by atoms with Crippen LogP contribution in [0.2, 0.25) is 0 Å². The van der Waals surface area contributed by atoms with Crippen LogP contribution >= 0.6 is 0 Å². The van der Waals surface area contributed by atoms with Gasteiger partial charge in [0.2, 0.25) is 0 Å². The van der Waals surface area contributed by atoms with Gasteiger partial charge in [0.05, 0.1) is 7.11 Å². The minimum absolute atomic E-state index is 0.570. The first-order valence-corrected chi connectivity index (χ1v) is 5.87. The van der Waals surface area contributed by atoms with Crippen molar-refractivity contribution < 1.29 is 4.74 Å². The van der Waals surface area contributed by atoms with Gasteiger partial charge in [-0.15, -0.1) is 0 Å². The Balaban J connectivity index is 2.20. The number of rotatable bonds is 4. The summed E-state index contributed by atoms with van der Waals surface area (Å²) in [4.78, 5) is 4.11. The van der Waals surface area contributed by atoms with E-state index in [4.69, 9.17) is 4.74 Å². The largest absolute Gasteiger partial charge is 0.497 e.